The van der Waals surface area contributed by atoms with Crippen molar-refractivity contribution < 1.29 is 18.3 Å². The lowest BCUT2D eigenvalue weighted by atomic mass is 9.93. The molecule has 0 spiro atoms. The number of aliphatic hydroxyl groups excluding tert-OH is 1. The van der Waals surface area contributed by atoms with E-state index in [4.69, 9.17) is 0 Å². The highest BCUT2D eigenvalue weighted by molar-refractivity contribution is 7.92. The number of rotatable bonds is 5. The monoisotopic (exact) mass is 335 g/mol. The molecule has 0 aliphatic carbocycles. The van der Waals surface area contributed by atoms with Gasteiger partial charge in [0.15, 0.2) is 18.1 Å². The van der Waals surface area contributed by atoms with Gasteiger partial charge in [0.25, 0.3) is 0 Å². The first-order valence-corrected chi connectivity index (χ1v) is 12.2. The van der Waals surface area contributed by atoms with E-state index in [2.05, 4.69) is 0 Å². The summed E-state index contributed by atoms with van der Waals surface area (Å²) in [5.41, 5.74) is 0. The van der Waals surface area contributed by atoms with Gasteiger partial charge in [0.2, 0.25) is 5.91 Å². The summed E-state index contributed by atoms with van der Waals surface area (Å²) in [6, 6.07) is 0. The maximum Gasteiger partial charge on any atom is 0.224 e. The second-order valence-corrected chi connectivity index (χ2v) is 14.8. The number of hydrogen-bond donors (Lipinski definition) is 1. The van der Waals surface area contributed by atoms with E-state index < -0.39 is 35.5 Å². The number of hydrogen-bond acceptors (Lipinski definition) is 4. The molecule has 5 nitrogen and oxygen atoms in total. The molecule has 0 aromatic carbocycles. The second kappa shape index (κ2) is 5.66. The molecule has 1 N–H and O–H groups in total. The van der Waals surface area contributed by atoms with Crippen LogP contribution < -0.4 is 0 Å². The molecule has 1 saturated heterocycles. The van der Waals surface area contributed by atoms with Crippen LogP contribution in [0.25, 0.3) is 0 Å². The molecule has 7 heteroatoms. The van der Waals surface area contributed by atoms with Crippen LogP contribution in [-0.4, -0.2) is 49.5 Å². The van der Waals surface area contributed by atoms with Crippen molar-refractivity contribution in [1.29, 1.82) is 0 Å². The number of carbonyl (C=O) groups excluding carboxylic acids is 1. The Bertz CT molecular complexity index is 510. The Morgan fingerprint density at radius 1 is 1.29 bits per heavy atom. The van der Waals surface area contributed by atoms with Gasteiger partial charge in [-0.1, -0.05) is 47.7 Å². The van der Waals surface area contributed by atoms with Gasteiger partial charge in [0.05, 0.1) is 12.0 Å². The van der Waals surface area contributed by atoms with Crippen molar-refractivity contribution in [2.45, 2.75) is 70.6 Å². The molecule has 1 rings (SSSR count). The third kappa shape index (κ3) is 2.92. The zero-order valence-corrected chi connectivity index (χ0v) is 16.0. The number of amides is 1. The third-order valence-corrected chi connectivity index (χ3v) is 12.7. The van der Waals surface area contributed by atoms with Gasteiger partial charge in [-0.2, -0.15) is 0 Å². The molecule has 3 atom stereocenters. The van der Waals surface area contributed by atoms with E-state index in [1.165, 1.54) is 0 Å². The lowest BCUT2D eigenvalue weighted by Gasteiger charge is -2.58. The van der Waals surface area contributed by atoms with Crippen LogP contribution >= 0.6 is 0 Å². The van der Waals surface area contributed by atoms with E-state index in [1.54, 1.807) is 18.4 Å². The van der Waals surface area contributed by atoms with E-state index in [9.17, 15) is 18.3 Å². The molecule has 0 aromatic heterocycles. The fraction of sp³-hybridized carbons (Fsp3) is 0.929. The van der Waals surface area contributed by atoms with Crippen LogP contribution in [0.2, 0.25) is 18.1 Å². The minimum atomic E-state index is -3.41. The maximum absolute atomic E-state index is 12.6. The Morgan fingerprint density at radius 3 is 2.10 bits per heavy atom. The van der Waals surface area contributed by atoms with Crippen LogP contribution in [0, 0.1) is 5.92 Å². The number of sulfone groups is 1. The van der Waals surface area contributed by atoms with Gasteiger partial charge in [-0.05, 0) is 11.5 Å². The summed E-state index contributed by atoms with van der Waals surface area (Å²) in [5.74, 6) is -1.00. The lowest BCUT2D eigenvalue weighted by molar-refractivity contribution is -0.150. The van der Waals surface area contributed by atoms with E-state index >= 15 is 0 Å². The highest BCUT2D eigenvalue weighted by Crippen LogP contribution is 2.47. The lowest BCUT2D eigenvalue weighted by Crippen LogP contribution is -2.76. The highest BCUT2D eigenvalue weighted by Gasteiger charge is 2.62. The van der Waals surface area contributed by atoms with Crippen molar-refractivity contribution in [3.63, 3.8) is 0 Å². The molecule has 1 aliphatic heterocycles. The molecule has 21 heavy (non-hydrogen) atoms. The zero-order valence-electron chi connectivity index (χ0n) is 14.2. The maximum atomic E-state index is 12.6. The van der Waals surface area contributed by atoms with Crippen molar-refractivity contribution >= 4 is 24.0 Å². The number of nitrogens with zero attached hydrogens (tertiary/aromatic N) is 1. The van der Waals surface area contributed by atoms with Gasteiger partial charge < -0.3 is 9.67 Å². The fourth-order valence-electron chi connectivity index (χ4n) is 2.60. The molecule has 3 unspecified atom stereocenters. The van der Waals surface area contributed by atoms with E-state index in [0.29, 0.717) is 6.42 Å². The van der Waals surface area contributed by atoms with Crippen molar-refractivity contribution in [2.24, 2.45) is 5.92 Å². The van der Waals surface area contributed by atoms with Gasteiger partial charge in [-0.15, -0.1) is 0 Å². The topological polar surface area (TPSA) is 74.7 Å². The van der Waals surface area contributed by atoms with Crippen molar-refractivity contribution in [3.8, 4) is 0 Å². The Balaban J connectivity index is 3.31. The zero-order chi connectivity index (χ0) is 16.8. The molecule has 1 heterocycles. The van der Waals surface area contributed by atoms with E-state index in [1.807, 2.05) is 33.9 Å². The van der Waals surface area contributed by atoms with Crippen molar-refractivity contribution in [3.05, 3.63) is 0 Å². The predicted octanol–water partition coefficient (Wildman–Crippen LogP) is 1.98. The Hall–Kier alpha value is -0.403. The molecule has 0 bridgehead atoms. The van der Waals surface area contributed by atoms with Gasteiger partial charge in [0, 0.05) is 5.75 Å². The molecule has 1 amide bonds. The molecule has 1 fully saturated rings. The van der Waals surface area contributed by atoms with Gasteiger partial charge in [0.1, 0.15) is 5.37 Å². The summed E-state index contributed by atoms with van der Waals surface area (Å²) in [5, 5.41) is 9.08. The van der Waals surface area contributed by atoms with Crippen molar-refractivity contribution in [2.75, 3.05) is 5.75 Å². The highest BCUT2D eigenvalue weighted by atomic mass is 32.2. The molecule has 0 saturated carbocycles. The average molecular weight is 336 g/mol. The van der Waals surface area contributed by atoms with Gasteiger partial charge >= 0.3 is 0 Å². The molecule has 1 aliphatic rings. The minimum Gasteiger partial charge on any atom is -0.392 e. The van der Waals surface area contributed by atoms with E-state index in [-0.39, 0.29) is 16.7 Å². The fourth-order valence-corrected chi connectivity index (χ4v) is 7.61. The Labute approximate surface area is 129 Å². The van der Waals surface area contributed by atoms with Crippen molar-refractivity contribution in [1.82, 2.24) is 4.57 Å². The van der Waals surface area contributed by atoms with E-state index in [0.717, 1.165) is 0 Å². The SMILES string of the molecule is CCC(O)C1C(=O)N([Si](C)(C)C(C)(C)C)C1S(=O)(=O)CC. The first-order valence-electron chi connectivity index (χ1n) is 7.55. The van der Waals surface area contributed by atoms with Crippen LogP contribution in [0.5, 0.6) is 0 Å². The Kier molecular flexibility index (Phi) is 5.03. The molecule has 0 aromatic rings. The molecule has 124 valence electrons. The van der Waals surface area contributed by atoms with Crippen LogP contribution in [0.3, 0.4) is 0 Å². The largest absolute Gasteiger partial charge is 0.392 e. The normalized spacial score (nSPS) is 25.7. The standard InChI is InChI=1S/C14H29NO4SSi/c1-8-10(16)11-12(17)15(13(11)20(18,19)9-2)21(6,7)14(3,4)5/h10-11,13,16H,8-9H2,1-7H3. The van der Waals surface area contributed by atoms with Gasteiger partial charge in [-0.25, -0.2) is 8.42 Å². The average Bonchev–Trinajstić information content (AvgIpc) is 2.33. The number of aliphatic hydroxyl groups is 1. The van der Waals surface area contributed by atoms with Crippen LogP contribution in [0.15, 0.2) is 0 Å². The van der Waals surface area contributed by atoms with Crippen LogP contribution in [0.4, 0.5) is 0 Å². The summed E-state index contributed by atoms with van der Waals surface area (Å²) in [6.45, 7) is 13.6. The molecular weight excluding hydrogens is 306 g/mol. The summed E-state index contributed by atoms with van der Waals surface area (Å²) in [4.78, 5) is 12.6. The minimum absolute atomic E-state index is 0.0109. The van der Waals surface area contributed by atoms with Gasteiger partial charge in [-0.3, -0.25) is 4.79 Å². The third-order valence-electron chi connectivity index (χ3n) is 5.13. The smallest absolute Gasteiger partial charge is 0.224 e. The Morgan fingerprint density at radius 2 is 1.76 bits per heavy atom. The second-order valence-electron chi connectivity index (χ2n) is 7.36. The number of carbonyl (C=O) groups is 1. The molecular formula is C14H29NO4SSi. The summed E-state index contributed by atoms with van der Waals surface area (Å²) >= 11 is 0. The quantitative estimate of drug-likeness (QED) is 0.616. The van der Waals surface area contributed by atoms with Crippen LogP contribution in [-0.2, 0) is 14.6 Å². The summed E-state index contributed by atoms with van der Waals surface area (Å²) in [7, 11) is -5.69. The van der Waals surface area contributed by atoms with Crippen LogP contribution in [0.1, 0.15) is 41.0 Å². The summed E-state index contributed by atoms with van der Waals surface area (Å²) in [6.07, 6.45) is -0.498. The first-order chi connectivity index (χ1) is 9.32. The summed E-state index contributed by atoms with van der Waals surface area (Å²) < 4.78 is 26.5. The predicted molar refractivity (Wildman–Crippen MR) is 87.1 cm³/mol. The number of β-lactam (4-membered cyclic amide) rings is 1. The molecule has 0 radical (unpaired) electrons. The first kappa shape index (κ1) is 18.6.